The van der Waals surface area contributed by atoms with Gasteiger partial charge in [0.05, 0.1) is 0 Å². The van der Waals surface area contributed by atoms with Crippen LogP contribution in [0.1, 0.15) is 39.5 Å². The van der Waals surface area contributed by atoms with Crippen molar-refractivity contribution in [3.63, 3.8) is 0 Å². The average molecular weight is 227 g/mol. The van der Waals surface area contributed by atoms with Crippen molar-refractivity contribution in [2.24, 2.45) is 0 Å². The maximum atomic E-state index is 12.0. The molecule has 0 saturated carbocycles. The lowest BCUT2D eigenvalue weighted by molar-refractivity contribution is -0.145. The summed E-state index contributed by atoms with van der Waals surface area (Å²) in [5.74, 6) is 0.156. The first-order valence-corrected chi connectivity index (χ1v) is 5.89. The van der Waals surface area contributed by atoms with E-state index in [1.165, 1.54) is 7.11 Å². The van der Waals surface area contributed by atoms with Crippen LogP contribution in [0, 0.1) is 0 Å². The minimum absolute atomic E-state index is 0.00782. The van der Waals surface area contributed by atoms with E-state index in [1.54, 1.807) is 13.8 Å². The van der Waals surface area contributed by atoms with E-state index in [-0.39, 0.29) is 17.7 Å². The molecule has 1 heterocycles. The fourth-order valence-corrected chi connectivity index (χ4v) is 2.17. The molecular weight excluding hydrogens is 206 g/mol. The molecule has 0 aromatic heterocycles. The summed E-state index contributed by atoms with van der Waals surface area (Å²) < 4.78 is 5.04. The zero-order valence-electron chi connectivity index (χ0n) is 10.4. The van der Waals surface area contributed by atoms with Gasteiger partial charge in [-0.3, -0.25) is 9.59 Å². The minimum Gasteiger partial charge on any atom is -0.372 e. The fourth-order valence-electron chi connectivity index (χ4n) is 2.17. The Morgan fingerprint density at radius 3 is 2.69 bits per heavy atom. The summed E-state index contributed by atoms with van der Waals surface area (Å²) in [4.78, 5) is 25.0. The summed E-state index contributed by atoms with van der Waals surface area (Å²) in [6, 6.07) is 0.0800. The molecule has 16 heavy (non-hydrogen) atoms. The second-order valence-electron chi connectivity index (χ2n) is 4.47. The number of ether oxygens (including phenoxy) is 1. The summed E-state index contributed by atoms with van der Waals surface area (Å²) in [5, 5.41) is 0. The van der Waals surface area contributed by atoms with Gasteiger partial charge in [-0.25, -0.2) is 0 Å². The first-order chi connectivity index (χ1) is 7.56. The van der Waals surface area contributed by atoms with Gasteiger partial charge in [-0.05, 0) is 33.1 Å². The number of hydrogen-bond acceptors (Lipinski definition) is 3. The van der Waals surface area contributed by atoms with Crippen molar-refractivity contribution >= 4 is 11.7 Å². The fraction of sp³-hybridized carbons (Fsp3) is 0.833. The first-order valence-electron chi connectivity index (χ1n) is 5.89. The van der Waals surface area contributed by atoms with Crippen molar-refractivity contribution in [3.8, 4) is 0 Å². The molecule has 92 valence electrons. The Balaban J connectivity index is 2.65. The van der Waals surface area contributed by atoms with Crippen LogP contribution in [0.15, 0.2) is 0 Å². The molecule has 2 atom stereocenters. The van der Waals surface area contributed by atoms with Gasteiger partial charge in [-0.15, -0.1) is 0 Å². The van der Waals surface area contributed by atoms with Crippen molar-refractivity contribution in [2.45, 2.75) is 51.7 Å². The van der Waals surface area contributed by atoms with Gasteiger partial charge in [0, 0.05) is 26.1 Å². The SMILES string of the molecule is COC(C)C(=O)N1CCCCC1CC(C)=O. The third-order valence-corrected chi connectivity index (χ3v) is 3.13. The Morgan fingerprint density at radius 1 is 1.44 bits per heavy atom. The molecule has 0 bridgehead atoms. The van der Waals surface area contributed by atoms with Gasteiger partial charge in [0.1, 0.15) is 11.9 Å². The zero-order chi connectivity index (χ0) is 12.1. The maximum absolute atomic E-state index is 12.0. The van der Waals surface area contributed by atoms with Crippen LogP contribution >= 0.6 is 0 Å². The molecule has 1 fully saturated rings. The number of carbonyl (C=O) groups excluding carboxylic acids is 2. The van der Waals surface area contributed by atoms with Crippen LogP contribution < -0.4 is 0 Å². The molecular formula is C12H21NO3. The summed E-state index contributed by atoms with van der Waals surface area (Å²) in [6.07, 6.45) is 3.12. The number of methoxy groups -OCH3 is 1. The molecule has 0 aromatic rings. The highest BCUT2D eigenvalue weighted by Gasteiger charge is 2.30. The van der Waals surface area contributed by atoms with Crippen LogP contribution in [-0.2, 0) is 14.3 Å². The van der Waals surface area contributed by atoms with Crippen LogP contribution in [0.3, 0.4) is 0 Å². The lowest BCUT2D eigenvalue weighted by atomic mass is 9.97. The number of nitrogens with zero attached hydrogens (tertiary/aromatic N) is 1. The molecule has 0 N–H and O–H groups in total. The van der Waals surface area contributed by atoms with Gasteiger partial charge in [-0.2, -0.15) is 0 Å². The minimum atomic E-state index is -0.410. The summed E-state index contributed by atoms with van der Waals surface area (Å²) in [7, 11) is 1.53. The molecule has 1 rings (SSSR count). The second kappa shape index (κ2) is 5.99. The van der Waals surface area contributed by atoms with Crippen molar-refractivity contribution < 1.29 is 14.3 Å². The molecule has 0 spiro atoms. The number of rotatable bonds is 4. The molecule has 1 aliphatic rings. The Hall–Kier alpha value is -0.900. The summed E-state index contributed by atoms with van der Waals surface area (Å²) in [5.41, 5.74) is 0. The van der Waals surface area contributed by atoms with Crippen LogP contribution in [0.25, 0.3) is 0 Å². The number of Topliss-reactive ketones (excluding diaryl/α,β-unsaturated/α-hetero) is 1. The van der Waals surface area contributed by atoms with E-state index < -0.39 is 6.10 Å². The molecule has 2 unspecified atom stereocenters. The Bertz CT molecular complexity index is 265. The van der Waals surface area contributed by atoms with E-state index in [0.717, 1.165) is 25.8 Å². The highest BCUT2D eigenvalue weighted by Crippen LogP contribution is 2.21. The van der Waals surface area contributed by atoms with Crippen molar-refractivity contribution in [1.82, 2.24) is 4.90 Å². The number of likely N-dealkylation sites (tertiary alicyclic amines) is 1. The number of carbonyl (C=O) groups is 2. The van der Waals surface area contributed by atoms with E-state index in [2.05, 4.69) is 0 Å². The van der Waals surface area contributed by atoms with E-state index in [4.69, 9.17) is 4.74 Å². The average Bonchev–Trinajstić information content (AvgIpc) is 2.27. The Kier molecular flexibility index (Phi) is 4.93. The molecule has 4 nitrogen and oxygen atoms in total. The zero-order valence-corrected chi connectivity index (χ0v) is 10.4. The number of amides is 1. The van der Waals surface area contributed by atoms with Crippen molar-refractivity contribution in [1.29, 1.82) is 0 Å². The summed E-state index contributed by atoms with van der Waals surface area (Å²) >= 11 is 0. The molecule has 0 aromatic carbocycles. The van der Waals surface area contributed by atoms with E-state index >= 15 is 0 Å². The Morgan fingerprint density at radius 2 is 2.12 bits per heavy atom. The number of hydrogen-bond donors (Lipinski definition) is 0. The number of ketones is 1. The third-order valence-electron chi connectivity index (χ3n) is 3.13. The van der Waals surface area contributed by atoms with E-state index in [9.17, 15) is 9.59 Å². The normalized spacial score (nSPS) is 22.9. The van der Waals surface area contributed by atoms with Gasteiger partial charge >= 0.3 is 0 Å². The molecule has 1 aliphatic heterocycles. The van der Waals surface area contributed by atoms with Crippen molar-refractivity contribution in [2.75, 3.05) is 13.7 Å². The molecule has 0 aliphatic carbocycles. The summed E-state index contributed by atoms with van der Waals surface area (Å²) in [6.45, 7) is 4.09. The van der Waals surface area contributed by atoms with Crippen LogP contribution in [0.4, 0.5) is 0 Å². The highest BCUT2D eigenvalue weighted by molar-refractivity contribution is 5.82. The van der Waals surface area contributed by atoms with Crippen molar-refractivity contribution in [3.05, 3.63) is 0 Å². The predicted octanol–water partition coefficient (Wildman–Crippen LogP) is 1.38. The molecule has 4 heteroatoms. The monoisotopic (exact) mass is 227 g/mol. The number of piperidine rings is 1. The second-order valence-corrected chi connectivity index (χ2v) is 4.47. The maximum Gasteiger partial charge on any atom is 0.251 e. The third kappa shape index (κ3) is 3.30. The van der Waals surface area contributed by atoms with Gasteiger partial charge in [0.25, 0.3) is 5.91 Å². The molecule has 0 radical (unpaired) electrons. The van der Waals surface area contributed by atoms with E-state index in [1.807, 2.05) is 4.90 Å². The topological polar surface area (TPSA) is 46.6 Å². The molecule has 1 amide bonds. The standard InChI is InChI=1S/C12H21NO3/c1-9(14)8-11-6-4-5-7-13(11)12(15)10(2)16-3/h10-11H,4-8H2,1-3H3. The van der Waals surface area contributed by atoms with Crippen LogP contribution in [0.5, 0.6) is 0 Å². The predicted molar refractivity (Wildman–Crippen MR) is 61.1 cm³/mol. The van der Waals surface area contributed by atoms with E-state index in [0.29, 0.717) is 6.42 Å². The lowest BCUT2D eigenvalue weighted by Crippen LogP contribution is -2.48. The van der Waals surface area contributed by atoms with Crippen LogP contribution in [-0.4, -0.2) is 42.4 Å². The van der Waals surface area contributed by atoms with Gasteiger partial charge in [0.2, 0.25) is 0 Å². The smallest absolute Gasteiger partial charge is 0.251 e. The Labute approximate surface area is 96.9 Å². The largest absolute Gasteiger partial charge is 0.372 e. The van der Waals surface area contributed by atoms with Gasteiger partial charge in [0.15, 0.2) is 0 Å². The molecule has 1 saturated heterocycles. The quantitative estimate of drug-likeness (QED) is 0.729. The van der Waals surface area contributed by atoms with Crippen LogP contribution in [0.2, 0.25) is 0 Å². The lowest BCUT2D eigenvalue weighted by Gasteiger charge is -2.36. The highest BCUT2D eigenvalue weighted by atomic mass is 16.5. The first kappa shape index (κ1) is 13.2. The van der Waals surface area contributed by atoms with Gasteiger partial charge in [-0.1, -0.05) is 0 Å². The van der Waals surface area contributed by atoms with Gasteiger partial charge < -0.3 is 9.64 Å².